The first-order chi connectivity index (χ1) is 9.25. The number of hydrogen-bond donors (Lipinski definition) is 1. The van der Waals surface area contributed by atoms with E-state index >= 15 is 0 Å². The van der Waals surface area contributed by atoms with Gasteiger partial charge in [0.05, 0.1) is 0 Å². The van der Waals surface area contributed by atoms with Crippen LogP contribution in [-0.2, 0) is 0 Å². The van der Waals surface area contributed by atoms with Gasteiger partial charge >= 0.3 is 0 Å². The standard InChI is InChI=1S/C17H19NO/c1-12-8-9-18-11-16(12)17(19)15-7-3-6-14(10-15)13-4-2-5-13/h3,6-11,13,17,19H,2,4-5H2,1H3. The molecule has 2 nitrogen and oxygen atoms in total. The van der Waals surface area contributed by atoms with Crippen molar-refractivity contribution >= 4 is 0 Å². The molecule has 1 fully saturated rings. The van der Waals surface area contributed by atoms with E-state index in [9.17, 15) is 5.11 Å². The molecular formula is C17H19NO. The van der Waals surface area contributed by atoms with E-state index in [1.54, 1.807) is 12.4 Å². The van der Waals surface area contributed by atoms with Gasteiger partial charge in [0.25, 0.3) is 0 Å². The Hall–Kier alpha value is -1.67. The highest BCUT2D eigenvalue weighted by atomic mass is 16.3. The highest BCUT2D eigenvalue weighted by Crippen LogP contribution is 2.37. The SMILES string of the molecule is Cc1ccncc1C(O)c1cccc(C2CCC2)c1. The average Bonchev–Trinajstić information content (AvgIpc) is 2.37. The van der Waals surface area contributed by atoms with E-state index in [0.29, 0.717) is 5.92 Å². The zero-order valence-electron chi connectivity index (χ0n) is 11.2. The van der Waals surface area contributed by atoms with Crippen LogP contribution in [0.4, 0.5) is 0 Å². The minimum absolute atomic E-state index is 0.575. The van der Waals surface area contributed by atoms with Crippen molar-refractivity contribution in [3.8, 4) is 0 Å². The summed E-state index contributed by atoms with van der Waals surface area (Å²) < 4.78 is 0. The van der Waals surface area contributed by atoms with Crippen molar-refractivity contribution < 1.29 is 5.11 Å². The van der Waals surface area contributed by atoms with Gasteiger partial charge in [-0.15, -0.1) is 0 Å². The van der Waals surface area contributed by atoms with Crippen molar-refractivity contribution in [2.45, 2.75) is 38.2 Å². The van der Waals surface area contributed by atoms with Crippen LogP contribution in [0.25, 0.3) is 0 Å². The van der Waals surface area contributed by atoms with Gasteiger partial charge in [-0.25, -0.2) is 0 Å². The molecule has 98 valence electrons. The molecule has 0 aliphatic heterocycles. The molecule has 2 aromatic rings. The van der Waals surface area contributed by atoms with Crippen LogP contribution >= 0.6 is 0 Å². The van der Waals surface area contributed by atoms with Crippen LogP contribution in [0.2, 0.25) is 0 Å². The summed E-state index contributed by atoms with van der Waals surface area (Å²) in [4.78, 5) is 4.12. The fourth-order valence-corrected chi connectivity index (χ4v) is 2.67. The van der Waals surface area contributed by atoms with E-state index in [1.165, 1.54) is 24.8 Å². The van der Waals surface area contributed by atoms with Crippen molar-refractivity contribution in [2.24, 2.45) is 0 Å². The van der Waals surface area contributed by atoms with Gasteiger partial charge in [0.1, 0.15) is 6.10 Å². The minimum atomic E-state index is -0.575. The van der Waals surface area contributed by atoms with E-state index in [2.05, 4.69) is 23.2 Å². The number of hydrogen-bond acceptors (Lipinski definition) is 2. The largest absolute Gasteiger partial charge is 0.384 e. The molecule has 2 heteroatoms. The summed E-state index contributed by atoms with van der Waals surface area (Å²) in [6, 6.07) is 10.3. The van der Waals surface area contributed by atoms with E-state index < -0.39 is 6.10 Å². The molecule has 19 heavy (non-hydrogen) atoms. The fraction of sp³-hybridized carbons (Fsp3) is 0.353. The molecule has 1 atom stereocenters. The van der Waals surface area contributed by atoms with E-state index in [0.717, 1.165) is 16.7 Å². The lowest BCUT2D eigenvalue weighted by Crippen LogP contribution is -2.10. The Morgan fingerprint density at radius 2 is 2.11 bits per heavy atom. The molecule has 0 amide bonds. The summed E-state index contributed by atoms with van der Waals surface area (Å²) in [5.41, 5.74) is 4.31. The molecule has 0 radical (unpaired) electrons. The second kappa shape index (κ2) is 5.14. The molecule has 0 saturated heterocycles. The third kappa shape index (κ3) is 2.41. The van der Waals surface area contributed by atoms with E-state index in [4.69, 9.17) is 0 Å². The lowest BCUT2D eigenvalue weighted by atomic mass is 9.79. The number of rotatable bonds is 3. The summed E-state index contributed by atoms with van der Waals surface area (Å²) in [6.07, 6.45) is 6.84. The zero-order valence-corrected chi connectivity index (χ0v) is 11.2. The van der Waals surface area contributed by atoms with E-state index in [1.807, 2.05) is 19.1 Å². The van der Waals surface area contributed by atoms with Crippen LogP contribution in [0.15, 0.2) is 42.7 Å². The van der Waals surface area contributed by atoms with Crippen LogP contribution in [0.1, 0.15) is 53.5 Å². The number of aliphatic hydroxyl groups excluding tert-OH is 1. The van der Waals surface area contributed by atoms with Crippen LogP contribution in [0.3, 0.4) is 0 Å². The third-order valence-electron chi connectivity index (χ3n) is 4.18. The Morgan fingerprint density at radius 3 is 2.79 bits per heavy atom. The van der Waals surface area contributed by atoms with Crippen molar-refractivity contribution in [1.82, 2.24) is 4.98 Å². The zero-order chi connectivity index (χ0) is 13.2. The Balaban J connectivity index is 1.91. The molecule has 1 aliphatic rings. The Morgan fingerprint density at radius 1 is 1.26 bits per heavy atom. The van der Waals surface area contributed by atoms with Gasteiger partial charge < -0.3 is 5.11 Å². The smallest absolute Gasteiger partial charge is 0.106 e. The Kier molecular flexibility index (Phi) is 3.34. The summed E-state index contributed by atoms with van der Waals surface area (Å²) in [6.45, 7) is 2.01. The van der Waals surface area contributed by atoms with Gasteiger partial charge in [0.2, 0.25) is 0 Å². The molecule has 1 saturated carbocycles. The lowest BCUT2D eigenvalue weighted by molar-refractivity contribution is 0.219. The number of nitrogens with zero attached hydrogens (tertiary/aromatic N) is 1. The highest BCUT2D eigenvalue weighted by Gasteiger charge is 2.21. The molecule has 1 aromatic heterocycles. The molecule has 1 heterocycles. The summed E-state index contributed by atoms with van der Waals surface area (Å²) in [5.74, 6) is 0.696. The maximum atomic E-state index is 10.5. The monoisotopic (exact) mass is 253 g/mol. The van der Waals surface area contributed by atoms with Crippen LogP contribution < -0.4 is 0 Å². The Labute approximate surface area is 114 Å². The van der Waals surface area contributed by atoms with E-state index in [-0.39, 0.29) is 0 Å². The van der Waals surface area contributed by atoms with Gasteiger partial charge in [-0.05, 0) is 48.4 Å². The number of pyridine rings is 1. The predicted molar refractivity (Wildman–Crippen MR) is 76.1 cm³/mol. The summed E-state index contributed by atoms with van der Waals surface area (Å²) in [5, 5.41) is 10.5. The second-order valence-electron chi connectivity index (χ2n) is 5.43. The molecule has 1 aromatic carbocycles. The van der Waals surface area contributed by atoms with Gasteiger partial charge in [-0.1, -0.05) is 30.7 Å². The maximum absolute atomic E-state index is 10.5. The van der Waals surface area contributed by atoms with Gasteiger partial charge in [-0.3, -0.25) is 4.98 Å². The minimum Gasteiger partial charge on any atom is -0.384 e. The number of benzene rings is 1. The molecule has 1 aliphatic carbocycles. The van der Waals surface area contributed by atoms with Crippen molar-refractivity contribution in [3.63, 3.8) is 0 Å². The molecule has 0 spiro atoms. The third-order valence-corrected chi connectivity index (χ3v) is 4.18. The fourth-order valence-electron chi connectivity index (χ4n) is 2.67. The molecule has 0 bridgehead atoms. The van der Waals surface area contributed by atoms with Crippen molar-refractivity contribution in [2.75, 3.05) is 0 Å². The first-order valence-corrected chi connectivity index (χ1v) is 6.94. The second-order valence-corrected chi connectivity index (χ2v) is 5.43. The quantitative estimate of drug-likeness (QED) is 0.904. The summed E-state index contributed by atoms with van der Waals surface area (Å²) >= 11 is 0. The normalized spacial score (nSPS) is 16.9. The van der Waals surface area contributed by atoms with Crippen molar-refractivity contribution in [3.05, 3.63) is 65.0 Å². The summed E-state index contributed by atoms with van der Waals surface area (Å²) in [7, 11) is 0. The van der Waals surface area contributed by atoms with Crippen molar-refractivity contribution in [1.29, 1.82) is 0 Å². The van der Waals surface area contributed by atoms with Gasteiger partial charge in [0, 0.05) is 18.0 Å². The number of aryl methyl sites for hydroxylation is 1. The highest BCUT2D eigenvalue weighted by molar-refractivity contribution is 5.36. The topological polar surface area (TPSA) is 33.1 Å². The Bertz CT molecular complexity index is 575. The molecule has 1 unspecified atom stereocenters. The number of aromatic nitrogens is 1. The number of aliphatic hydroxyl groups is 1. The van der Waals surface area contributed by atoms with Gasteiger partial charge in [0.15, 0.2) is 0 Å². The lowest BCUT2D eigenvalue weighted by Gasteiger charge is -2.26. The predicted octanol–water partition coefficient (Wildman–Crippen LogP) is 3.74. The molecule has 1 N–H and O–H groups in total. The van der Waals surface area contributed by atoms with Crippen LogP contribution in [0.5, 0.6) is 0 Å². The average molecular weight is 253 g/mol. The molecular weight excluding hydrogens is 234 g/mol. The van der Waals surface area contributed by atoms with Crippen LogP contribution in [0, 0.1) is 6.92 Å². The van der Waals surface area contributed by atoms with Crippen LogP contribution in [-0.4, -0.2) is 10.1 Å². The maximum Gasteiger partial charge on any atom is 0.106 e. The first-order valence-electron chi connectivity index (χ1n) is 6.94. The first kappa shape index (κ1) is 12.4. The van der Waals surface area contributed by atoms with Gasteiger partial charge in [-0.2, -0.15) is 0 Å². The molecule has 3 rings (SSSR count).